The number of aromatic nitrogens is 2. The van der Waals surface area contributed by atoms with Gasteiger partial charge in [0.15, 0.2) is 5.82 Å². The van der Waals surface area contributed by atoms with E-state index in [9.17, 15) is 4.39 Å². The van der Waals surface area contributed by atoms with Crippen molar-refractivity contribution in [2.45, 2.75) is 46.5 Å². The maximum atomic E-state index is 14.2. The number of nitrogens with one attached hydrogen (secondary N) is 1. The Hall–Kier alpha value is -2.27. The van der Waals surface area contributed by atoms with Crippen molar-refractivity contribution in [2.24, 2.45) is 11.3 Å². The van der Waals surface area contributed by atoms with Crippen LogP contribution in [0.25, 0.3) is 0 Å². The maximum absolute atomic E-state index is 14.2. The van der Waals surface area contributed by atoms with E-state index in [1.165, 1.54) is 6.07 Å². The topological polar surface area (TPSA) is 37.8 Å². The minimum atomic E-state index is -0.241. The molecule has 0 saturated heterocycles. The van der Waals surface area contributed by atoms with Crippen molar-refractivity contribution in [3.8, 4) is 0 Å². The number of anilines is 1. The summed E-state index contributed by atoms with van der Waals surface area (Å²) in [6.45, 7) is 11.0. The minimum absolute atomic E-state index is 0.118. The van der Waals surface area contributed by atoms with Gasteiger partial charge in [0.05, 0.1) is 11.9 Å². The monoisotopic (exact) mass is 469 g/mol. The van der Waals surface area contributed by atoms with Gasteiger partial charge in [0.2, 0.25) is 0 Å². The van der Waals surface area contributed by atoms with Gasteiger partial charge in [-0.1, -0.05) is 63.8 Å². The third kappa shape index (κ3) is 6.36. The third-order valence-electron chi connectivity index (χ3n) is 4.96. The average Bonchev–Trinajstić information content (AvgIpc) is 3.17. The van der Waals surface area contributed by atoms with Crippen LogP contribution in [-0.2, 0) is 6.42 Å². The summed E-state index contributed by atoms with van der Waals surface area (Å²) in [5, 5.41) is 3.48. The van der Waals surface area contributed by atoms with Gasteiger partial charge >= 0.3 is 0 Å². The zero-order valence-corrected chi connectivity index (χ0v) is 19.5. The summed E-state index contributed by atoms with van der Waals surface area (Å²) in [5.41, 5.74) is 3.41. The molecule has 5 heteroatoms. The van der Waals surface area contributed by atoms with Crippen LogP contribution in [0.1, 0.15) is 51.3 Å². The van der Waals surface area contributed by atoms with Crippen LogP contribution < -0.4 is 5.32 Å². The molecule has 1 aliphatic rings. The molecule has 0 fully saturated rings. The molecule has 3 nitrogen and oxygen atoms in total. The molecule has 1 aliphatic carbocycles. The van der Waals surface area contributed by atoms with Crippen LogP contribution in [0.5, 0.6) is 0 Å². The first-order chi connectivity index (χ1) is 14.2. The lowest BCUT2D eigenvalue weighted by atomic mass is 9.86. The van der Waals surface area contributed by atoms with Crippen molar-refractivity contribution < 1.29 is 4.39 Å². The second kappa shape index (κ2) is 9.69. The molecule has 0 saturated carbocycles. The molecule has 158 valence electrons. The number of hydrogen-bond donors (Lipinski definition) is 1. The molecule has 1 aromatic heterocycles. The Morgan fingerprint density at radius 3 is 2.63 bits per heavy atom. The lowest BCUT2D eigenvalue weighted by molar-refractivity contribution is 0.412. The highest BCUT2D eigenvalue weighted by Gasteiger charge is 2.19. The molecule has 0 atom stereocenters. The highest BCUT2D eigenvalue weighted by Crippen LogP contribution is 2.31. The van der Waals surface area contributed by atoms with Crippen LogP contribution in [-0.4, -0.2) is 9.97 Å². The van der Waals surface area contributed by atoms with Gasteiger partial charge in [0, 0.05) is 12.1 Å². The second-order valence-corrected chi connectivity index (χ2v) is 9.82. The molecule has 1 aromatic carbocycles. The molecule has 0 amide bonds. The number of rotatable bonds is 7. The van der Waals surface area contributed by atoms with Gasteiger partial charge in [-0.25, -0.2) is 14.4 Å². The van der Waals surface area contributed by atoms with Gasteiger partial charge < -0.3 is 5.32 Å². The molecular formula is C25H29BrFN3. The molecule has 0 radical (unpaired) electrons. The Morgan fingerprint density at radius 1 is 1.27 bits per heavy atom. The predicted molar refractivity (Wildman–Crippen MR) is 126 cm³/mol. The summed E-state index contributed by atoms with van der Waals surface area (Å²) in [6.07, 6.45) is 11.6. The number of halogens is 2. The third-order valence-corrected chi connectivity index (χ3v) is 5.34. The Morgan fingerprint density at radius 2 is 1.97 bits per heavy atom. The molecule has 0 aliphatic heterocycles. The first kappa shape index (κ1) is 22.4. The lowest BCUT2D eigenvalue weighted by Gasteiger charge is -2.23. The molecule has 0 spiro atoms. The first-order valence-electron chi connectivity index (χ1n) is 10.3. The summed E-state index contributed by atoms with van der Waals surface area (Å²) in [7, 11) is 0. The zero-order chi connectivity index (χ0) is 21.7. The summed E-state index contributed by atoms with van der Waals surface area (Å²) in [5.74, 6) is 0.839. The molecule has 0 unspecified atom stereocenters. The minimum Gasteiger partial charge on any atom is -0.339 e. The second-order valence-electron chi connectivity index (χ2n) is 9.01. The van der Waals surface area contributed by atoms with Crippen LogP contribution in [0, 0.1) is 17.2 Å². The Balaban J connectivity index is 1.91. The van der Waals surface area contributed by atoms with Gasteiger partial charge in [-0.2, -0.15) is 0 Å². The van der Waals surface area contributed by atoms with Crippen LogP contribution in [0.4, 0.5) is 10.2 Å². The van der Waals surface area contributed by atoms with E-state index in [4.69, 9.17) is 0 Å². The molecule has 3 rings (SSSR count). The molecular weight excluding hydrogens is 441 g/mol. The quantitative estimate of drug-likeness (QED) is 0.343. The van der Waals surface area contributed by atoms with Crippen LogP contribution in [0.15, 0.2) is 71.1 Å². The van der Waals surface area contributed by atoms with E-state index in [1.807, 2.05) is 6.07 Å². The Labute approximate surface area is 187 Å². The van der Waals surface area contributed by atoms with Crippen molar-refractivity contribution in [3.63, 3.8) is 0 Å². The van der Waals surface area contributed by atoms with E-state index in [1.54, 1.807) is 18.3 Å². The predicted octanol–water partition coefficient (Wildman–Crippen LogP) is 7.22. The van der Waals surface area contributed by atoms with E-state index < -0.39 is 0 Å². The summed E-state index contributed by atoms with van der Waals surface area (Å²) in [6, 6.07) is 6.77. The van der Waals surface area contributed by atoms with E-state index in [0.717, 1.165) is 30.5 Å². The van der Waals surface area contributed by atoms with Crippen molar-refractivity contribution in [3.05, 3.63) is 88.2 Å². The van der Waals surface area contributed by atoms with Crippen LogP contribution in [0.3, 0.4) is 0 Å². The van der Waals surface area contributed by atoms with Gasteiger partial charge in [-0.3, -0.25) is 0 Å². The highest BCUT2D eigenvalue weighted by atomic mass is 79.9. The average molecular weight is 470 g/mol. The van der Waals surface area contributed by atoms with Gasteiger partial charge in [0.1, 0.15) is 10.4 Å². The standard InChI is InChI=1S/C25H29BrFN3/c1-17(15-25(2,3)4)21(13-18-9-5-6-10-18)30-24-22(29-23(26)16-28-24)14-19-11-7-8-12-20(19)27/h5-8,11-13,16,18H,1,9-10,14-15H2,2-4H3,(H,28,30)/b21-13-. The normalized spacial score (nSPS) is 14.9. The van der Waals surface area contributed by atoms with E-state index >= 15 is 0 Å². The van der Waals surface area contributed by atoms with Gasteiger partial charge in [-0.05, 0) is 63.7 Å². The van der Waals surface area contributed by atoms with Crippen molar-refractivity contribution in [1.29, 1.82) is 0 Å². The smallest absolute Gasteiger partial charge is 0.152 e. The number of benzene rings is 1. The van der Waals surface area contributed by atoms with E-state index in [-0.39, 0.29) is 11.2 Å². The highest BCUT2D eigenvalue weighted by molar-refractivity contribution is 9.10. The maximum Gasteiger partial charge on any atom is 0.152 e. The molecule has 2 aromatic rings. The lowest BCUT2D eigenvalue weighted by Crippen LogP contribution is -2.14. The first-order valence-corrected chi connectivity index (χ1v) is 11.1. The van der Waals surface area contributed by atoms with Gasteiger partial charge in [0.25, 0.3) is 0 Å². The number of hydrogen-bond acceptors (Lipinski definition) is 3. The van der Waals surface area contributed by atoms with E-state index in [2.05, 4.69) is 76.8 Å². The summed E-state index contributed by atoms with van der Waals surface area (Å²) in [4.78, 5) is 9.14. The molecule has 1 heterocycles. The SMILES string of the molecule is C=C(CC(C)(C)C)/C(=C/C1CC=CC1)Nc1ncc(Br)nc1Cc1ccccc1F. The van der Waals surface area contributed by atoms with Crippen molar-refractivity contribution >= 4 is 21.7 Å². The largest absolute Gasteiger partial charge is 0.339 e. The zero-order valence-electron chi connectivity index (χ0n) is 17.9. The fourth-order valence-electron chi connectivity index (χ4n) is 3.57. The van der Waals surface area contributed by atoms with E-state index in [0.29, 0.717) is 34.0 Å². The summed E-state index contributed by atoms with van der Waals surface area (Å²) < 4.78 is 14.9. The Kier molecular flexibility index (Phi) is 7.24. The molecule has 30 heavy (non-hydrogen) atoms. The fraction of sp³-hybridized carbons (Fsp3) is 0.360. The van der Waals surface area contributed by atoms with Crippen molar-refractivity contribution in [2.75, 3.05) is 5.32 Å². The molecule has 1 N–H and O–H groups in total. The number of allylic oxidation sites excluding steroid dienone is 4. The van der Waals surface area contributed by atoms with Crippen LogP contribution >= 0.6 is 15.9 Å². The number of nitrogens with zero attached hydrogens (tertiary/aromatic N) is 2. The summed E-state index contributed by atoms with van der Waals surface area (Å²) >= 11 is 3.40. The van der Waals surface area contributed by atoms with Gasteiger partial charge in [-0.15, -0.1) is 0 Å². The van der Waals surface area contributed by atoms with Crippen molar-refractivity contribution in [1.82, 2.24) is 9.97 Å². The fourth-order valence-corrected chi connectivity index (χ4v) is 3.89. The van der Waals surface area contributed by atoms with Crippen LogP contribution in [0.2, 0.25) is 0 Å². The Bertz CT molecular complexity index is 965. The molecule has 0 bridgehead atoms.